The fourth-order valence-electron chi connectivity index (χ4n) is 2.03. The number of hydrogen-bond acceptors (Lipinski definition) is 3. The van der Waals surface area contributed by atoms with Crippen LogP contribution in [0.4, 0.5) is 4.39 Å². The molecule has 0 amide bonds. The van der Waals surface area contributed by atoms with Gasteiger partial charge in [-0.05, 0) is 36.8 Å². The van der Waals surface area contributed by atoms with Crippen LogP contribution in [-0.2, 0) is 0 Å². The maximum Gasteiger partial charge on any atom is 0.215 e. The van der Waals surface area contributed by atoms with Crippen molar-refractivity contribution < 1.29 is 9.18 Å². The van der Waals surface area contributed by atoms with E-state index in [2.05, 4.69) is 10.2 Å². The number of aryl methyl sites for hydroxylation is 1. The molecule has 0 saturated heterocycles. The van der Waals surface area contributed by atoms with Crippen LogP contribution in [0.15, 0.2) is 54.7 Å². The van der Waals surface area contributed by atoms with Gasteiger partial charge in [-0.15, -0.1) is 5.10 Å². The summed E-state index contributed by atoms with van der Waals surface area (Å²) in [6.07, 6.45) is 1.39. The number of aromatic nitrogens is 3. The van der Waals surface area contributed by atoms with Gasteiger partial charge in [0.1, 0.15) is 5.82 Å². The minimum Gasteiger partial charge on any atom is -0.287 e. The standard InChI is InChI=1S/C16H12FN3O/c1-11-7-8-12(17)9-14(11)16(21)15-10-18-20(19-15)13-5-3-2-4-6-13/h2-10H,1H3. The number of hydrogen-bond donors (Lipinski definition) is 0. The lowest BCUT2D eigenvalue weighted by molar-refractivity contribution is 0.103. The summed E-state index contributed by atoms with van der Waals surface area (Å²) in [6.45, 7) is 1.76. The van der Waals surface area contributed by atoms with E-state index in [0.29, 0.717) is 11.1 Å². The fourth-order valence-corrected chi connectivity index (χ4v) is 2.03. The lowest BCUT2D eigenvalue weighted by atomic mass is 10.0. The van der Waals surface area contributed by atoms with Gasteiger partial charge < -0.3 is 0 Å². The summed E-state index contributed by atoms with van der Waals surface area (Å²) in [7, 11) is 0. The Hall–Kier alpha value is -2.82. The van der Waals surface area contributed by atoms with Gasteiger partial charge in [-0.1, -0.05) is 24.3 Å². The molecule has 0 fully saturated rings. The Morgan fingerprint density at radius 1 is 1.14 bits per heavy atom. The first-order valence-electron chi connectivity index (χ1n) is 6.44. The topological polar surface area (TPSA) is 47.8 Å². The van der Waals surface area contributed by atoms with Gasteiger partial charge in [0.15, 0.2) is 5.69 Å². The number of rotatable bonds is 3. The van der Waals surface area contributed by atoms with Crippen molar-refractivity contribution in [2.45, 2.75) is 6.92 Å². The molecule has 0 spiro atoms. The lowest BCUT2D eigenvalue weighted by Gasteiger charge is -2.02. The van der Waals surface area contributed by atoms with E-state index in [0.717, 1.165) is 5.69 Å². The van der Waals surface area contributed by atoms with Crippen LogP contribution in [0.3, 0.4) is 0 Å². The van der Waals surface area contributed by atoms with Gasteiger partial charge in [-0.3, -0.25) is 4.79 Å². The zero-order valence-corrected chi connectivity index (χ0v) is 11.3. The van der Waals surface area contributed by atoms with E-state index in [1.54, 1.807) is 13.0 Å². The number of carbonyl (C=O) groups is 1. The molecule has 0 N–H and O–H groups in total. The summed E-state index contributed by atoms with van der Waals surface area (Å²) >= 11 is 0. The molecular formula is C16H12FN3O. The third-order valence-electron chi connectivity index (χ3n) is 3.16. The predicted octanol–water partition coefficient (Wildman–Crippen LogP) is 2.95. The van der Waals surface area contributed by atoms with E-state index in [1.807, 2.05) is 30.3 Å². The van der Waals surface area contributed by atoms with Crippen LogP contribution in [-0.4, -0.2) is 20.8 Å². The molecule has 1 heterocycles. The molecule has 0 aliphatic carbocycles. The third kappa shape index (κ3) is 2.58. The van der Waals surface area contributed by atoms with Crippen molar-refractivity contribution >= 4 is 5.78 Å². The number of halogens is 1. The molecule has 104 valence electrons. The predicted molar refractivity (Wildman–Crippen MR) is 75.9 cm³/mol. The second-order valence-corrected chi connectivity index (χ2v) is 4.64. The van der Waals surface area contributed by atoms with Crippen molar-refractivity contribution in [3.8, 4) is 5.69 Å². The molecule has 0 radical (unpaired) electrons. The van der Waals surface area contributed by atoms with Gasteiger partial charge in [0, 0.05) is 5.56 Å². The summed E-state index contributed by atoms with van der Waals surface area (Å²) in [4.78, 5) is 13.8. The zero-order valence-electron chi connectivity index (χ0n) is 11.3. The Bertz CT molecular complexity index is 796. The van der Waals surface area contributed by atoms with Gasteiger partial charge in [0.2, 0.25) is 5.78 Å². The summed E-state index contributed by atoms with van der Waals surface area (Å²) in [5, 5.41) is 8.24. The molecule has 0 bridgehead atoms. The van der Waals surface area contributed by atoms with Crippen molar-refractivity contribution in [3.63, 3.8) is 0 Å². The Labute approximate surface area is 120 Å². The van der Waals surface area contributed by atoms with Crippen LogP contribution >= 0.6 is 0 Å². The van der Waals surface area contributed by atoms with Gasteiger partial charge >= 0.3 is 0 Å². The Balaban J connectivity index is 1.96. The maximum absolute atomic E-state index is 13.3. The fraction of sp³-hybridized carbons (Fsp3) is 0.0625. The maximum atomic E-state index is 13.3. The van der Waals surface area contributed by atoms with Gasteiger partial charge in [-0.2, -0.15) is 9.90 Å². The molecule has 0 unspecified atom stereocenters. The van der Waals surface area contributed by atoms with Crippen LogP contribution < -0.4 is 0 Å². The molecule has 3 aromatic rings. The second-order valence-electron chi connectivity index (χ2n) is 4.64. The number of carbonyl (C=O) groups excluding carboxylic acids is 1. The molecule has 5 heteroatoms. The highest BCUT2D eigenvalue weighted by Gasteiger charge is 2.16. The highest BCUT2D eigenvalue weighted by Crippen LogP contribution is 2.15. The van der Waals surface area contributed by atoms with Crippen molar-refractivity contribution in [1.82, 2.24) is 15.0 Å². The normalized spacial score (nSPS) is 10.6. The monoisotopic (exact) mass is 281 g/mol. The molecule has 0 aliphatic rings. The van der Waals surface area contributed by atoms with Crippen LogP contribution in [0, 0.1) is 12.7 Å². The number of ketones is 1. The van der Waals surface area contributed by atoms with Gasteiger partial charge in [0.05, 0.1) is 11.9 Å². The number of para-hydroxylation sites is 1. The summed E-state index contributed by atoms with van der Waals surface area (Å²) in [6, 6.07) is 13.4. The molecule has 0 atom stereocenters. The molecule has 4 nitrogen and oxygen atoms in total. The first-order valence-corrected chi connectivity index (χ1v) is 6.44. The minimum absolute atomic E-state index is 0.188. The highest BCUT2D eigenvalue weighted by atomic mass is 19.1. The Kier molecular flexibility index (Phi) is 3.31. The largest absolute Gasteiger partial charge is 0.287 e. The molecule has 0 saturated carbocycles. The summed E-state index contributed by atoms with van der Waals surface area (Å²) in [5.74, 6) is -0.784. The first-order chi connectivity index (χ1) is 10.1. The van der Waals surface area contributed by atoms with Gasteiger partial charge in [0.25, 0.3) is 0 Å². The first kappa shape index (κ1) is 13.2. The molecule has 21 heavy (non-hydrogen) atoms. The Morgan fingerprint density at radius 3 is 2.67 bits per heavy atom. The Morgan fingerprint density at radius 2 is 1.90 bits per heavy atom. The summed E-state index contributed by atoms with van der Waals surface area (Å²) in [5.41, 5.74) is 1.95. The van der Waals surface area contributed by atoms with Crippen LogP contribution in [0.5, 0.6) is 0 Å². The van der Waals surface area contributed by atoms with Crippen LogP contribution in [0.1, 0.15) is 21.6 Å². The second kappa shape index (κ2) is 5.28. The van der Waals surface area contributed by atoms with Crippen molar-refractivity contribution in [2.75, 3.05) is 0 Å². The van der Waals surface area contributed by atoms with E-state index in [1.165, 1.54) is 23.1 Å². The van der Waals surface area contributed by atoms with Crippen LogP contribution in [0.25, 0.3) is 5.69 Å². The smallest absolute Gasteiger partial charge is 0.215 e. The molecule has 3 rings (SSSR count). The van der Waals surface area contributed by atoms with Gasteiger partial charge in [-0.25, -0.2) is 4.39 Å². The average molecular weight is 281 g/mol. The minimum atomic E-state index is -0.445. The van der Waals surface area contributed by atoms with E-state index in [4.69, 9.17) is 0 Å². The van der Waals surface area contributed by atoms with E-state index in [-0.39, 0.29) is 11.5 Å². The van der Waals surface area contributed by atoms with E-state index >= 15 is 0 Å². The lowest BCUT2D eigenvalue weighted by Crippen LogP contribution is -2.06. The average Bonchev–Trinajstić information content (AvgIpc) is 3.00. The molecule has 0 aliphatic heterocycles. The van der Waals surface area contributed by atoms with E-state index in [9.17, 15) is 9.18 Å². The quantitative estimate of drug-likeness (QED) is 0.693. The third-order valence-corrected chi connectivity index (χ3v) is 3.16. The summed E-state index contributed by atoms with van der Waals surface area (Å²) < 4.78 is 13.3. The van der Waals surface area contributed by atoms with Crippen LogP contribution in [0.2, 0.25) is 0 Å². The number of benzene rings is 2. The number of nitrogens with zero attached hydrogens (tertiary/aromatic N) is 3. The van der Waals surface area contributed by atoms with Crippen molar-refractivity contribution in [3.05, 3.63) is 77.4 Å². The van der Waals surface area contributed by atoms with Crippen molar-refractivity contribution in [1.29, 1.82) is 0 Å². The van der Waals surface area contributed by atoms with E-state index < -0.39 is 5.82 Å². The molecule has 1 aromatic heterocycles. The zero-order chi connectivity index (χ0) is 14.8. The van der Waals surface area contributed by atoms with Crippen molar-refractivity contribution in [2.24, 2.45) is 0 Å². The molecule has 2 aromatic carbocycles. The SMILES string of the molecule is Cc1ccc(F)cc1C(=O)c1cnn(-c2ccccc2)n1. The molecular weight excluding hydrogens is 269 g/mol. The highest BCUT2D eigenvalue weighted by molar-refractivity contribution is 6.08.